The maximum Gasteiger partial charge on any atom is 0.244 e. The molecule has 0 spiro atoms. The monoisotopic (exact) mass is 483 g/mol. The van der Waals surface area contributed by atoms with Gasteiger partial charge in [-0.25, -0.2) is 13.4 Å². The Morgan fingerprint density at radius 2 is 1.73 bits per heavy atom. The number of methoxy groups -OCH3 is 1. The van der Waals surface area contributed by atoms with Crippen molar-refractivity contribution in [3.05, 3.63) is 57.9 Å². The molecule has 0 saturated carbocycles. The van der Waals surface area contributed by atoms with E-state index in [0.717, 1.165) is 22.1 Å². The third kappa shape index (κ3) is 4.15. The van der Waals surface area contributed by atoms with Crippen LogP contribution in [-0.2, 0) is 10.0 Å². The topological polar surface area (TPSA) is 62.7 Å². The predicted octanol–water partition coefficient (Wildman–Crippen LogP) is 4.64. The summed E-state index contributed by atoms with van der Waals surface area (Å²) >= 11 is 13.7. The molecular weight excluding hydrogens is 465 g/mol. The van der Waals surface area contributed by atoms with Crippen LogP contribution in [0.1, 0.15) is 0 Å². The van der Waals surface area contributed by atoms with Gasteiger partial charge in [0.1, 0.15) is 10.6 Å². The summed E-state index contributed by atoms with van der Waals surface area (Å²) in [6.07, 6.45) is 0. The molecule has 2 heterocycles. The fourth-order valence-electron chi connectivity index (χ4n) is 3.25. The number of sulfonamides is 1. The van der Waals surface area contributed by atoms with E-state index in [4.69, 9.17) is 32.9 Å². The van der Waals surface area contributed by atoms with Gasteiger partial charge in [0.15, 0.2) is 5.13 Å². The second-order valence-electron chi connectivity index (χ2n) is 6.69. The largest absolute Gasteiger partial charge is 0.497 e. The molecule has 6 nitrogen and oxygen atoms in total. The van der Waals surface area contributed by atoms with E-state index >= 15 is 0 Å². The predicted molar refractivity (Wildman–Crippen MR) is 122 cm³/mol. The number of hydrogen-bond acceptors (Lipinski definition) is 6. The molecule has 1 fully saturated rings. The van der Waals surface area contributed by atoms with Crippen LogP contribution in [0.25, 0.3) is 11.3 Å². The number of halogens is 2. The minimum Gasteiger partial charge on any atom is -0.497 e. The lowest BCUT2D eigenvalue weighted by Gasteiger charge is -2.34. The van der Waals surface area contributed by atoms with Gasteiger partial charge in [-0.3, -0.25) is 0 Å². The van der Waals surface area contributed by atoms with Crippen molar-refractivity contribution in [1.29, 1.82) is 0 Å². The average Bonchev–Trinajstić information content (AvgIpc) is 3.26. The molecular formula is C20H19Cl2N3O3S2. The van der Waals surface area contributed by atoms with Gasteiger partial charge in [0.05, 0.1) is 22.8 Å². The Hall–Kier alpha value is -1.84. The van der Waals surface area contributed by atoms with Gasteiger partial charge < -0.3 is 9.64 Å². The summed E-state index contributed by atoms with van der Waals surface area (Å²) in [7, 11) is -2.07. The molecule has 0 aliphatic carbocycles. The van der Waals surface area contributed by atoms with Gasteiger partial charge in [-0.2, -0.15) is 4.31 Å². The maximum absolute atomic E-state index is 13.0. The number of ether oxygens (including phenoxy) is 1. The van der Waals surface area contributed by atoms with E-state index in [2.05, 4.69) is 4.90 Å². The molecule has 30 heavy (non-hydrogen) atoms. The molecule has 2 aromatic carbocycles. The third-order valence-electron chi connectivity index (χ3n) is 4.92. The number of benzene rings is 2. The Morgan fingerprint density at radius 1 is 1.03 bits per heavy atom. The molecule has 0 radical (unpaired) electrons. The quantitative estimate of drug-likeness (QED) is 0.528. The lowest BCUT2D eigenvalue weighted by Crippen LogP contribution is -2.48. The molecule has 0 atom stereocenters. The molecule has 1 aliphatic heterocycles. The van der Waals surface area contributed by atoms with Crippen molar-refractivity contribution >= 4 is 49.7 Å². The van der Waals surface area contributed by atoms with Crippen molar-refractivity contribution in [3.8, 4) is 17.0 Å². The zero-order valence-corrected chi connectivity index (χ0v) is 19.2. The third-order valence-corrected chi connectivity index (χ3v) is 8.69. The van der Waals surface area contributed by atoms with Crippen LogP contribution < -0.4 is 9.64 Å². The van der Waals surface area contributed by atoms with Crippen LogP contribution in [0.15, 0.2) is 52.7 Å². The van der Waals surface area contributed by atoms with E-state index in [9.17, 15) is 8.42 Å². The van der Waals surface area contributed by atoms with Crippen LogP contribution in [0.3, 0.4) is 0 Å². The lowest BCUT2D eigenvalue weighted by atomic mass is 10.2. The Labute approximate surface area is 189 Å². The number of piperazine rings is 1. The van der Waals surface area contributed by atoms with Crippen molar-refractivity contribution in [1.82, 2.24) is 9.29 Å². The standard InChI is InChI=1S/C20H19Cl2N3O3S2/c1-28-15-7-5-14(6-8-15)17-13-29-20(23-17)24-9-11-25(12-10-24)30(26,27)18-4-2-3-16(21)19(18)22/h2-8,13H,9-12H2,1H3. The summed E-state index contributed by atoms with van der Waals surface area (Å²) in [5.41, 5.74) is 1.90. The van der Waals surface area contributed by atoms with Crippen LogP contribution in [0.4, 0.5) is 5.13 Å². The first-order valence-electron chi connectivity index (χ1n) is 9.19. The first-order chi connectivity index (χ1) is 14.4. The molecule has 1 saturated heterocycles. The summed E-state index contributed by atoms with van der Waals surface area (Å²) < 4.78 is 32.6. The molecule has 0 amide bonds. The second kappa shape index (κ2) is 8.72. The number of rotatable bonds is 5. The first-order valence-corrected chi connectivity index (χ1v) is 12.3. The van der Waals surface area contributed by atoms with Crippen LogP contribution in [0.5, 0.6) is 5.75 Å². The van der Waals surface area contributed by atoms with Gasteiger partial charge in [0, 0.05) is 37.1 Å². The molecule has 158 valence electrons. The highest BCUT2D eigenvalue weighted by Gasteiger charge is 2.31. The molecule has 10 heteroatoms. The Kier molecular flexibility index (Phi) is 6.22. The fraction of sp³-hybridized carbons (Fsp3) is 0.250. The molecule has 1 aliphatic rings. The maximum atomic E-state index is 13.0. The SMILES string of the molecule is COc1ccc(-c2csc(N3CCN(S(=O)(=O)c4cccc(Cl)c4Cl)CC3)n2)cc1. The lowest BCUT2D eigenvalue weighted by molar-refractivity contribution is 0.385. The smallest absolute Gasteiger partial charge is 0.244 e. The number of thiazole rings is 1. The molecule has 0 unspecified atom stereocenters. The van der Waals surface area contributed by atoms with Gasteiger partial charge in [-0.05, 0) is 36.4 Å². The van der Waals surface area contributed by atoms with Crippen molar-refractivity contribution < 1.29 is 13.2 Å². The van der Waals surface area contributed by atoms with Crippen LogP contribution >= 0.6 is 34.5 Å². The van der Waals surface area contributed by atoms with Gasteiger partial charge >= 0.3 is 0 Å². The minimum absolute atomic E-state index is 0.0427. The normalized spacial score (nSPS) is 15.4. The highest BCUT2D eigenvalue weighted by Crippen LogP contribution is 2.33. The Morgan fingerprint density at radius 3 is 2.40 bits per heavy atom. The van der Waals surface area contributed by atoms with Crippen molar-refractivity contribution in [2.45, 2.75) is 4.90 Å². The molecule has 4 rings (SSSR count). The first kappa shape index (κ1) is 21.4. The van der Waals surface area contributed by atoms with Gasteiger partial charge in [0.25, 0.3) is 0 Å². The summed E-state index contributed by atoms with van der Waals surface area (Å²) in [6.45, 7) is 1.80. The van der Waals surface area contributed by atoms with Crippen molar-refractivity contribution in [2.75, 3.05) is 38.2 Å². The summed E-state index contributed by atoms with van der Waals surface area (Å²) in [6, 6.07) is 12.4. The van der Waals surface area contributed by atoms with Crippen molar-refractivity contribution in [3.63, 3.8) is 0 Å². The van der Waals surface area contributed by atoms with E-state index < -0.39 is 10.0 Å². The van der Waals surface area contributed by atoms with Gasteiger partial charge in [-0.1, -0.05) is 29.3 Å². The van der Waals surface area contributed by atoms with E-state index in [1.165, 1.54) is 10.4 Å². The molecule has 0 bridgehead atoms. The summed E-state index contributed by atoms with van der Waals surface area (Å²) in [5.74, 6) is 0.798. The molecule has 0 N–H and O–H groups in total. The average molecular weight is 484 g/mol. The van der Waals surface area contributed by atoms with E-state index in [1.807, 2.05) is 29.6 Å². The van der Waals surface area contributed by atoms with Gasteiger partial charge in [-0.15, -0.1) is 11.3 Å². The van der Waals surface area contributed by atoms with Gasteiger partial charge in [0.2, 0.25) is 10.0 Å². The van der Waals surface area contributed by atoms with Crippen LogP contribution in [0, 0.1) is 0 Å². The summed E-state index contributed by atoms with van der Waals surface area (Å²) in [4.78, 5) is 6.87. The van der Waals surface area contributed by atoms with Crippen LogP contribution in [0.2, 0.25) is 10.0 Å². The highest BCUT2D eigenvalue weighted by molar-refractivity contribution is 7.89. The van der Waals surface area contributed by atoms with E-state index in [-0.39, 0.29) is 14.9 Å². The highest BCUT2D eigenvalue weighted by atomic mass is 35.5. The minimum atomic E-state index is -3.70. The number of aromatic nitrogens is 1. The second-order valence-corrected chi connectivity index (χ2v) is 10.2. The van der Waals surface area contributed by atoms with E-state index in [0.29, 0.717) is 26.2 Å². The Balaban J connectivity index is 1.46. The fourth-order valence-corrected chi connectivity index (χ4v) is 6.29. The van der Waals surface area contributed by atoms with Crippen LogP contribution in [-0.4, -0.2) is 51.0 Å². The number of anilines is 1. The van der Waals surface area contributed by atoms with Crippen molar-refractivity contribution in [2.24, 2.45) is 0 Å². The zero-order chi connectivity index (χ0) is 21.3. The summed E-state index contributed by atoms with van der Waals surface area (Å²) in [5, 5.41) is 3.17. The molecule has 3 aromatic rings. The van der Waals surface area contributed by atoms with E-state index in [1.54, 1.807) is 30.6 Å². The number of hydrogen-bond donors (Lipinski definition) is 0. The number of nitrogens with zero attached hydrogens (tertiary/aromatic N) is 3. The molecule has 1 aromatic heterocycles. The zero-order valence-electron chi connectivity index (χ0n) is 16.1. The Bertz CT molecular complexity index is 1140.